The van der Waals surface area contributed by atoms with Crippen LogP contribution in [0.5, 0.6) is 0 Å². The molecule has 3 nitrogen and oxygen atoms in total. The summed E-state index contributed by atoms with van der Waals surface area (Å²) in [6, 6.07) is 8.80. The van der Waals surface area contributed by atoms with Gasteiger partial charge in [0.15, 0.2) is 0 Å². The molecule has 0 spiro atoms. The largest absolute Gasteiger partial charge is 0.339 e. The number of hydrogen-bond acceptors (Lipinski definition) is 2. The van der Waals surface area contributed by atoms with Gasteiger partial charge in [0.2, 0.25) is 5.91 Å². The zero-order valence-corrected chi connectivity index (χ0v) is 14.6. The Labute approximate surface area is 140 Å². The van der Waals surface area contributed by atoms with E-state index in [0.717, 1.165) is 38.6 Å². The van der Waals surface area contributed by atoms with Crippen LogP contribution in [0.4, 0.5) is 0 Å². The Bertz CT molecular complexity index is 563. The molecule has 1 aliphatic carbocycles. The minimum absolute atomic E-state index is 0.304. The minimum Gasteiger partial charge on any atom is -0.339 e. The van der Waals surface area contributed by atoms with Crippen molar-refractivity contribution in [2.24, 2.45) is 11.7 Å². The van der Waals surface area contributed by atoms with Crippen molar-refractivity contribution in [1.29, 1.82) is 0 Å². The third-order valence-corrected chi connectivity index (χ3v) is 6.03. The first-order valence-corrected chi connectivity index (χ1v) is 9.16. The lowest BCUT2D eigenvalue weighted by molar-refractivity contribution is -0.139. The summed E-state index contributed by atoms with van der Waals surface area (Å²) in [4.78, 5) is 15.8. The normalized spacial score (nSPS) is 27.2. The summed E-state index contributed by atoms with van der Waals surface area (Å²) in [5.74, 6) is 0.821. The first-order chi connectivity index (χ1) is 11.1. The number of carbonyl (C=O) groups excluding carboxylic acids is 1. The van der Waals surface area contributed by atoms with Crippen LogP contribution in [0.3, 0.4) is 0 Å². The van der Waals surface area contributed by atoms with Gasteiger partial charge in [-0.25, -0.2) is 0 Å². The van der Waals surface area contributed by atoms with Crippen molar-refractivity contribution in [3.8, 4) is 0 Å². The molecule has 2 atom stereocenters. The third kappa shape index (κ3) is 2.91. The van der Waals surface area contributed by atoms with E-state index in [9.17, 15) is 4.79 Å². The lowest BCUT2D eigenvalue weighted by Gasteiger charge is -2.41. The maximum atomic E-state index is 13.6. The molecule has 2 unspecified atom stereocenters. The molecule has 0 aromatic heterocycles. The predicted molar refractivity (Wildman–Crippen MR) is 94.3 cm³/mol. The van der Waals surface area contributed by atoms with Gasteiger partial charge in [0.05, 0.1) is 5.41 Å². The first-order valence-electron chi connectivity index (χ1n) is 9.16. The van der Waals surface area contributed by atoms with Crippen molar-refractivity contribution in [1.82, 2.24) is 4.90 Å². The number of amides is 1. The molecule has 1 saturated heterocycles. The quantitative estimate of drug-likeness (QED) is 0.929. The van der Waals surface area contributed by atoms with Crippen molar-refractivity contribution in [2.75, 3.05) is 13.1 Å². The zero-order chi connectivity index (χ0) is 16.4. The van der Waals surface area contributed by atoms with Gasteiger partial charge in [-0.1, -0.05) is 43.5 Å². The van der Waals surface area contributed by atoms with Crippen LogP contribution in [-0.2, 0) is 10.2 Å². The van der Waals surface area contributed by atoms with E-state index in [1.807, 2.05) is 0 Å². The smallest absolute Gasteiger partial charge is 0.233 e. The van der Waals surface area contributed by atoms with Gasteiger partial charge in [-0.3, -0.25) is 4.79 Å². The second-order valence-corrected chi connectivity index (χ2v) is 7.60. The van der Waals surface area contributed by atoms with Crippen molar-refractivity contribution >= 4 is 5.91 Å². The highest BCUT2D eigenvalue weighted by Gasteiger charge is 2.47. The lowest BCUT2D eigenvalue weighted by atomic mass is 9.67. The number of carbonyl (C=O) groups is 1. The van der Waals surface area contributed by atoms with Crippen molar-refractivity contribution in [2.45, 2.75) is 63.8 Å². The van der Waals surface area contributed by atoms with Crippen LogP contribution < -0.4 is 5.73 Å². The van der Waals surface area contributed by atoms with Crippen molar-refractivity contribution < 1.29 is 4.79 Å². The molecule has 23 heavy (non-hydrogen) atoms. The number of benzene rings is 1. The van der Waals surface area contributed by atoms with Gasteiger partial charge in [0.1, 0.15) is 0 Å². The highest BCUT2D eigenvalue weighted by atomic mass is 16.2. The SMILES string of the molecule is Cc1ccccc1C1(C(=O)N2CC(CN)CC2C)CCCCC1. The van der Waals surface area contributed by atoms with Gasteiger partial charge in [-0.05, 0) is 56.7 Å². The highest BCUT2D eigenvalue weighted by Crippen LogP contribution is 2.43. The first kappa shape index (κ1) is 16.5. The lowest BCUT2D eigenvalue weighted by Crippen LogP contribution is -2.49. The topological polar surface area (TPSA) is 46.3 Å². The summed E-state index contributed by atoms with van der Waals surface area (Å²) >= 11 is 0. The summed E-state index contributed by atoms with van der Waals surface area (Å²) < 4.78 is 0. The molecular weight excluding hydrogens is 284 g/mol. The molecule has 1 aromatic carbocycles. The van der Waals surface area contributed by atoms with Gasteiger partial charge >= 0.3 is 0 Å². The Morgan fingerprint density at radius 1 is 1.26 bits per heavy atom. The molecule has 2 aliphatic rings. The summed E-state index contributed by atoms with van der Waals surface area (Å²) in [5.41, 5.74) is 8.07. The molecule has 3 rings (SSSR count). The van der Waals surface area contributed by atoms with E-state index in [4.69, 9.17) is 5.73 Å². The Morgan fingerprint density at radius 2 is 1.96 bits per heavy atom. The zero-order valence-electron chi connectivity index (χ0n) is 14.6. The van der Waals surface area contributed by atoms with Crippen LogP contribution in [0.2, 0.25) is 0 Å². The molecule has 0 bridgehead atoms. The van der Waals surface area contributed by atoms with Crippen LogP contribution >= 0.6 is 0 Å². The minimum atomic E-state index is -0.304. The van der Waals surface area contributed by atoms with E-state index in [1.165, 1.54) is 17.5 Å². The van der Waals surface area contributed by atoms with Crippen LogP contribution in [0.1, 0.15) is 56.6 Å². The average molecular weight is 314 g/mol. The third-order valence-electron chi connectivity index (χ3n) is 6.03. The number of hydrogen-bond donors (Lipinski definition) is 1. The van der Waals surface area contributed by atoms with E-state index in [0.29, 0.717) is 24.4 Å². The number of aryl methyl sites for hydroxylation is 1. The number of likely N-dealkylation sites (tertiary alicyclic amines) is 1. The van der Waals surface area contributed by atoms with Crippen LogP contribution in [0.25, 0.3) is 0 Å². The molecule has 1 aliphatic heterocycles. The monoisotopic (exact) mass is 314 g/mol. The molecule has 126 valence electrons. The van der Waals surface area contributed by atoms with Crippen LogP contribution in [0, 0.1) is 12.8 Å². The molecule has 2 fully saturated rings. The Morgan fingerprint density at radius 3 is 2.57 bits per heavy atom. The number of nitrogens with zero attached hydrogens (tertiary/aromatic N) is 1. The molecule has 0 radical (unpaired) electrons. The molecule has 1 aromatic rings. The Balaban J connectivity index is 1.96. The molecule has 1 heterocycles. The Hall–Kier alpha value is -1.35. The van der Waals surface area contributed by atoms with Crippen molar-refractivity contribution in [3.05, 3.63) is 35.4 Å². The van der Waals surface area contributed by atoms with Gasteiger partial charge < -0.3 is 10.6 Å². The van der Waals surface area contributed by atoms with E-state index in [1.54, 1.807) is 0 Å². The van der Waals surface area contributed by atoms with E-state index in [-0.39, 0.29) is 5.41 Å². The maximum absolute atomic E-state index is 13.6. The van der Waals surface area contributed by atoms with E-state index in [2.05, 4.69) is 43.0 Å². The van der Waals surface area contributed by atoms with E-state index < -0.39 is 0 Å². The molecule has 1 amide bonds. The predicted octanol–water partition coefficient (Wildman–Crippen LogP) is 3.39. The summed E-state index contributed by atoms with van der Waals surface area (Å²) in [6.07, 6.45) is 6.60. The summed E-state index contributed by atoms with van der Waals surface area (Å²) in [5, 5.41) is 0. The van der Waals surface area contributed by atoms with Gasteiger partial charge in [0, 0.05) is 12.6 Å². The average Bonchev–Trinajstić information content (AvgIpc) is 2.96. The fourth-order valence-corrected chi connectivity index (χ4v) is 4.73. The van der Waals surface area contributed by atoms with Crippen molar-refractivity contribution in [3.63, 3.8) is 0 Å². The van der Waals surface area contributed by atoms with Crippen LogP contribution in [-0.4, -0.2) is 29.9 Å². The maximum Gasteiger partial charge on any atom is 0.233 e. The molecule has 2 N–H and O–H groups in total. The standard InChI is InChI=1S/C20H30N2O/c1-15-8-4-5-9-18(15)20(10-6-3-7-11-20)19(23)22-14-17(13-21)12-16(22)2/h4-5,8-9,16-17H,3,6-7,10-14,21H2,1-2H3. The van der Waals surface area contributed by atoms with Gasteiger partial charge in [-0.2, -0.15) is 0 Å². The summed E-state index contributed by atoms with van der Waals surface area (Å²) in [7, 11) is 0. The molecular formula is C20H30N2O. The molecule has 3 heteroatoms. The van der Waals surface area contributed by atoms with Crippen LogP contribution in [0.15, 0.2) is 24.3 Å². The van der Waals surface area contributed by atoms with Gasteiger partial charge in [0.25, 0.3) is 0 Å². The fourth-order valence-electron chi connectivity index (χ4n) is 4.73. The summed E-state index contributed by atoms with van der Waals surface area (Å²) in [6.45, 7) is 5.85. The Kier molecular flexibility index (Phi) is 4.77. The highest BCUT2D eigenvalue weighted by molar-refractivity contribution is 5.89. The number of rotatable bonds is 3. The second-order valence-electron chi connectivity index (χ2n) is 7.60. The number of nitrogens with two attached hydrogens (primary N) is 1. The second kappa shape index (κ2) is 6.64. The van der Waals surface area contributed by atoms with Gasteiger partial charge in [-0.15, -0.1) is 0 Å². The fraction of sp³-hybridized carbons (Fsp3) is 0.650. The molecule has 1 saturated carbocycles. The van der Waals surface area contributed by atoms with E-state index >= 15 is 0 Å².